The van der Waals surface area contributed by atoms with Crippen LogP contribution in [-0.4, -0.2) is 23.0 Å². The van der Waals surface area contributed by atoms with Gasteiger partial charge in [-0.2, -0.15) is 0 Å². The highest BCUT2D eigenvalue weighted by Gasteiger charge is 2.28. The molecular formula is C25H28N2O3. The van der Waals surface area contributed by atoms with Crippen molar-refractivity contribution in [1.82, 2.24) is 4.98 Å². The normalized spacial score (nSPS) is 19.0. The van der Waals surface area contributed by atoms with E-state index in [1.807, 2.05) is 56.4 Å². The van der Waals surface area contributed by atoms with Crippen molar-refractivity contribution in [3.8, 4) is 0 Å². The van der Waals surface area contributed by atoms with Gasteiger partial charge in [0, 0.05) is 23.0 Å². The highest BCUT2D eigenvalue weighted by atomic mass is 16.5. The first-order chi connectivity index (χ1) is 14.5. The molecule has 1 amide bonds. The van der Waals surface area contributed by atoms with Crippen LogP contribution in [0.1, 0.15) is 61.4 Å². The molecule has 156 valence electrons. The summed E-state index contributed by atoms with van der Waals surface area (Å²) < 4.78 is 5.36. The quantitative estimate of drug-likeness (QED) is 0.540. The standard InChI is InChI=1S/C25H28N2O3/c1-16(2)30-25(29)20-6-3-17(4-7-20)18-9-11-22(12-10-18)27-24(28)21-8-5-19-13-14-26-23(19)15-21/h5,8-17,20,26H,3-4,6-7H2,1-2H3,(H,27,28)/t17-,20-. The minimum atomic E-state index is -0.122. The number of anilines is 1. The van der Waals surface area contributed by atoms with Crippen molar-refractivity contribution < 1.29 is 14.3 Å². The van der Waals surface area contributed by atoms with Crippen LogP contribution < -0.4 is 5.32 Å². The molecule has 0 aliphatic heterocycles. The molecule has 0 saturated heterocycles. The number of carbonyl (C=O) groups excluding carboxylic acids is 2. The third-order valence-electron chi connectivity index (χ3n) is 5.87. The Morgan fingerprint density at radius 1 is 1.00 bits per heavy atom. The number of aromatic nitrogens is 1. The minimum absolute atomic E-state index is 0.0271. The molecule has 1 aliphatic rings. The number of esters is 1. The van der Waals surface area contributed by atoms with Crippen molar-refractivity contribution in [3.05, 3.63) is 65.9 Å². The maximum absolute atomic E-state index is 12.6. The topological polar surface area (TPSA) is 71.2 Å². The predicted octanol–water partition coefficient (Wildman–Crippen LogP) is 5.65. The zero-order valence-electron chi connectivity index (χ0n) is 17.5. The summed E-state index contributed by atoms with van der Waals surface area (Å²) in [4.78, 5) is 27.8. The van der Waals surface area contributed by atoms with Gasteiger partial charge < -0.3 is 15.0 Å². The lowest BCUT2D eigenvalue weighted by atomic mass is 9.78. The zero-order chi connectivity index (χ0) is 21.1. The molecule has 30 heavy (non-hydrogen) atoms. The number of hydrogen-bond acceptors (Lipinski definition) is 3. The number of H-pyrrole nitrogens is 1. The van der Waals surface area contributed by atoms with Crippen LogP contribution in [0.15, 0.2) is 54.7 Å². The maximum atomic E-state index is 12.6. The Balaban J connectivity index is 1.34. The predicted molar refractivity (Wildman–Crippen MR) is 119 cm³/mol. The molecule has 2 N–H and O–H groups in total. The number of amides is 1. The number of nitrogens with one attached hydrogen (secondary N) is 2. The number of rotatable bonds is 5. The van der Waals surface area contributed by atoms with Crippen LogP contribution in [0.2, 0.25) is 0 Å². The summed E-state index contributed by atoms with van der Waals surface area (Å²) in [6, 6.07) is 15.7. The van der Waals surface area contributed by atoms with Gasteiger partial charge in [-0.3, -0.25) is 9.59 Å². The summed E-state index contributed by atoms with van der Waals surface area (Å²) >= 11 is 0. The Bertz CT molecular complexity index is 1030. The van der Waals surface area contributed by atoms with Gasteiger partial charge in [0.05, 0.1) is 12.0 Å². The number of benzene rings is 2. The summed E-state index contributed by atoms with van der Waals surface area (Å²) in [6.45, 7) is 3.78. The molecule has 4 rings (SSSR count). The third-order valence-corrected chi connectivity index (χ3v) is 5.87. The first kappa shape index (κ1) is 20.2. The molecule has 0 unspecified atom stereocenters. The van der Waals surface area contributed by atoms with E-state index in [1.54, 1.807) is 0 Å². The van der Waals surface area contributed by atoms with Gasteiger partial charge >= 0.3 is 5.97 Å². The molecule has 1 aliphatic carbocycles. The molecule has 0 atom stereocenters. The van der Waals surface area contributed by atoms with Crippen molar-refractivity contribution in [2.45, 2.75) is 51.6 Å². The molecule has 3 aromatic rings. The Hall–Kier alpha value is -3.08. The summed E-state index contributed by atoms with van der Waals surface area (Å²) in [7, 11) is 0. The lowest BCUT2D eigenvalue weighted by Gasteiger charge is -2.28. The van der Waals surface area contributed by atoms with E-state index in [4.69, 9.17) is 4.74 Å². The molecule has 5 nitrogen and oxygen atoms in total. The number of fused-ring (bicyclic) bond motifs is 1. The fourth-order valence-corrected chi connectivity index (χ4v) is 4.22. The van der Waals surface area contributed by atoms with Crippen molar-refractivity contribution in [1.29, 1.82) is 0 Å². The summed E-state index contributed by atoms with van der Waals surface area (Å²) in [5.41, 5.74) is 3.62. The van der Waals surface area contributed by atoms with Crippen LogP contribution in [0.25, 0.3) is 10.9 Å². The van der Waals surface area contributed by atoms with Crippen molar-refractivity contribution in [2.75, 3.05) is 5.32 Å². The molecule has 0 bridgehead atoms. The second kappa shape index (κ2) is 8.74. The molecule has 5 heteroatoms. The van der Waals surface area contributed by atoms with Gasteiger partial charge in [0.1, 0.15) is 0 Å². The number of carbonyl (C=O) groups is 2. The van der Waals surface area contributed by atoms with Crippen molar-refractivity contribution in [2.24, 2.45) is 5.92 Å². The molecule has 1 heterocycles. The Labute approximate surface area is 176 Å². The Morgan fingerprint density at radius 3 is 2.43 bits per heavy atom. The second-order valence-corrected chi connectivity index (χ2v) is 8.39. The van der Waals surface area contributed by atoms with E-state index in [0.29, 0.717) is 11.5 Å². The zero-order valence-corrected chi connectivity index (χ0v) is 17.5. The molecule has 1 aromatic heterocycles. The van der Waals surface area contributed by atoms with E-state index in [-0.39, 0.29) is 23.9 Å². The van der Waals surface area contributed by atoms with Gasteiger partial charge in [0.15, 0.2) is 0 Å². The van der Waals surface area contributed by atoms with Gasteiger partial charge in [-0.15, -0.1) is 0 Å². The Kier molecular flexibility index (Phi) is 5.88. The van der Waals surface area contributed by atoms with Gasteiger partial charge in [-0.25, -0.2) is 0 Å². The van der Waals surface area contributed by atoms with Crippen LogP contribution in [-0.2, 0) is 9.53 Å². The van der Waals surface area contributed by atoms with Gasteiger partial charge in [-0.1, -0.05) is 18.2 Å². The van der Waals surface area contributed by atoms with E-state index < -0.39 is 0 Å². The van der Waals surface area contributed by atoms with E-state index >= 15 is 0 Å². The molecule has 1 fully saturated rings. The van der Waals surface area contributed by atoms with Crippen LogP contribution in [0.5, 0.6) is 0 Å². The minimum Gasteiger partial charge on any atom is -0.463 e. The Morgan fingerprint density at radius 2 is 1.73 bits per heavy atom. The number of hydrogen-bond donors (Lipinski definition) is 2. The molecule has 1 saturated carbocycles. The van der Waals surface area contributed by atoms with Crippen molar-refractivity contribution >= 4 is 28.5 Å². The average Bonchev–Trinajstić information content (AvgIpc) is 3.22. The molecular weight excluding hydrogens is 376 g/mol. The van der Waals surface area contributed by atoms with E-state index in [1.165, 1.54) is 5.56 Å². The SMILES string of the molecule is CC(C)OC(=O)[C@H]1CC[C@H](c2ccc(NC(=O)c3ccc4cc[nH]c4c3)cc2)CC1. The second-order valence-electron chi connectivity index (χ2n) is 8.39. The fourth-order valence-electron chi connectivity index (χ4n) is 4.22. The third kappa shape index (κ3) is 4.56. The largest absolute Gasteiger partial charge is 0.463 e. The van der Waals surface area contributed by atoms with E-state index in [0.717, 1.165) is 42.3 Å². The molecule has 2 aromatic carbocycles. The summed E-state index contributed by atoms with van der Waals surface area (Å²) in [5.74, 6) is 0.301. The smallest absolute Gasteiger partial charge is 0.309 e. The van der Waals surface area contributed by atoms with Crippen LogP contribution >= 0.6 is 0 Å². The lowest BCUT2D eigenvalue weighted by Crippen LogP contribution is -2.25. The number of ether oxygens (including phenoxy) is 1. The van der Waals surface area contributed by atoms with Crippen LogP contribution in [0, 0.1) is 5.92 Å². The van der Waals surface area contributed by atoms with Gasteiger partial charge in [0.25, 0.3) is 5.91 Å². The van der Waals surface area contributed by atoms with E-state index in [9.17, 15) is 9.59 Å². The average molecular weight is 405 g/mol. The monoisotopic (exact) mass is 404 g/mol. The molecule has 0 radical (unpaired) electrons. The van der Waals surface area contributed by atoms with Crippen molar-refractivity contribution in [3.63, 3.8) is 0 Å². The van der Waals surface area contributed by atoms with Gasteiger partial charge in [0.2, 0.25) is 0 Å². The highest BCUT2D eigenvalue weighted by Crippen LogP contribution is 2.36. The van der Waals surface area contributed by atoms with Crippen LogP contribution in [0.3, 0.4) is 0 Å². The lowest BCUT2D eigenvalue weighted by molar-refractivity contribution is -0.153. The fraction of sp³-hybridized carbons (Fsp3) is 0.360. The first-order valence-corrected chi connectivity index (χ1v) is 10.7. The van der Waals surface area contributed by atoms with Crippen LogP contribution in [0.4, 0.5) is 5.69 Å². The number of aromatic amines is 1. The summed E-state index contributed by atoms with van der Waals surface area (Å²) in [5, 5.41) is 4.06. The van der Waals surface area contributed by atoms with E-state index in [2.05, 4.69) is 22.4 Å². The molecule has 0 spiro atoms. The summed E-state index contributed by atoms with van der Waals surface area (Å²) in [6.07, 6.45) is 5.53. The highest BCUT2D eigenvalue weighted by molar-refractivity contribution is 6.06. The maximum Gasteiger partial charge on any atom is 0.309 e. The first-order valence-electron chi connectivity index (χ1n) is 10.7. The van der Waals surface area contributed by atoms with Gasteiger partial charge in [-0.05, 0) is 86.7 Å².